The smallest absolute Gasteiger partial charge is 0.322 e. The molecule has 1 aliphatic carbocycles. The number of carbonyl (C=O) groups is 2. The number of aromatic nitrogens is 2. The lowest BCUT2D eigenvalue weighted by atomic mass is 10.2. The van der Waals surface area contributed by atoms with E-state index in [4.69, 9.17) is 0 Å². The highest BCUT2D eigenvalue weighted by atomic mass is 16.2. The van der Waals surface area contributed by atoms with E-state index in [1.807, 2.05) is 4.57 Å². The monoisotopic (exact) mass is 206 g/mol. The number of amides is 3. The Kier molecular flexibility index (Phi) is 1.59. The number of hydrogen-bond donors (Lipinski definition) is 2. The maximum Gasteiger partial charge on any atom is 0.322 e. The van der Waals surface area contributed by atoms with Gasteiger partial charge in [0.2, 0.25) is 0 Å². The van der Waals surface area contributed by atoms with Crippen LogP contribution in [0.3, 0.4) is 0 Å². The minimum atomic E-state index is -0.583. The van der Waals surface area contributed by atoms with Crippen LogP contribution in [0, 0.1) is 0 Å². The van der Waals surface area contributed by atoms with Gasteiger partial charge in [-0.15, -0.1) is 0 Å². The third-order valence-corrected chi connectivity index (χ3v) is 2.71. The molecule has 6 nitrogen and oxygen atoms in total. The summed E-state index contributed by atoms with van der Waals surface area (Å²) in [6.07, 6.45) is 5.58. The van der Waals surface area contributed by atoms with Crippen molar-refractivity contribution in [3.8, 4) is 0 Å². The number of imide groups is 1. The van der Waals surface area contributed by atoms with Gasteiger partial charge in [-0.1, -0.05) is 0 Å². The highest BCUT2D eigenvalue weighted by Crippen LogP contribution is 2.37. The fourth-order valence-electron chi connectivity index (χ4n) is 1.82. The van der Waals surface area contributed by atoms with Gasteiger partial charge in [0, 0.05) is 6.04 Å². The van der Waals surface area contributed by atoms with E-state index in [9.17, 15) is 9.59 Å². The summed E-state index contributed by atoms with van der Waals surface area (Å²) in [5.41, 5.74) is 0.765. The molecule has 1 aromatic heterocycles. The molecule has 3 rings (SSSR count). The molecule has 0 aromatic carbocycles. The van der Waals surface area contributed by atoms with Gasteiger partial charge in [-0.05, 0) is 12.8 Å². The zero-order chi connectivity index (χ0) is 10.4. The first-order chi connectivity index (χ1) is 7.25. The molecule has 0 bridgehead atoms. The molecule has 78 valence electrons. The quantitative estimate of drug-likeness (QED) is 0.674. The van der Waals surface area contributed by atoms with Crippen LogP contribution in [-0.2, 0) is 4.79 Å². The van der Waals surface area contributed by atoms with Crippen molar-refractivity contribution < 1.29 is 9.59 Å². The van der Waals surface area contributed by atoms with Gasteiger partial charge in [-0.2, -0.15) is 0 Å². The van der Waals surface area contributed by atoms with Crippen molar-refractivity contribution in [1.29, 1.82) is 0 Å². The van der Waals surface area contributed by atoms with Crippen molar-refractivity contribution >= 4 is 11.9 Å². The topological polar surface area (TPSA) is 76.0 Å². The first-order valence-corrected chi connectivity index (χ1v) is 4.89. The molecule has 1 saturated carbocycles. The van der Waals surface area contributed by atoms with E-state index in [1.54, 1.807) is 12.5 Å². The van der Waals surface area contributed by atoms with Crippen molar-refractivity contribution in [2.75, 3.05) is 0 Å². The minimum Gasteiger partial charge on any atom is -0.329 e. The Morgan fingerprint density at radius 2 is 2.20 bits per heavy atom. The molecule has 2 N–H and O–H groups in total. The third-order valence-electron chi connectivity index (χ3n) is 2.71. The number of carbonyl (C=O) groups excluding carboxylic acids is 2. The lowest BCUT2D eigenvalue weighted by Crippen LogP contribution is -2.22. The fraction of sp³-hybridized carbons (Fsp3) is 0.444. The van der Waals surface area contributed by atoms with E-state index in [-0.39, 0.29) is 5.91 Å². The zero-order valence-corrected chi connectivity index (χ0v) is 7.93. The second-order valence-electron chi connectivity index (χ2n) is 3.85. The second kappa shape index (κ2) is 2.82. The summed E-state index contributed by atoms with van der Waals surface area (Å²) in [5.74, 6) is -0.303. The van der Waals surface area contributed by atoms with Gasteiger partial charge in [-0.3, -0.25) is 10.1 Å². The van der Waals surface area contributed by atoms with Crippen LogP contribution in [0.25, 0.3) is 0 Å². The number of imidazole rings is 1. The van der Waals surface area contributed by atoms with Crippen LogP contribution >= 0.6 is 0 Å². The molecule has 2 aliphatic rings. The first-order valence-electron chi connectivity index (χ1n) is 4.89. The van der Waals surface area contributed by atoms with Crippen molar-refractivity contribution in [3.05, 3.63) is 18.2 Å². The Morgan fingerprint density at radius 1 is 1.40 bits per heavy atom. The molecule has 2 heterocycles. The Hall–Kier alpha value is -1.85. The molecule has 15 heavy (non-hydrogen) atoms. The normalized spacial score (nSPS) is 25.2. The summed E-state index contributed by atoms with van der Waals surface area (Å²) in [6, 6.07) is -0.568. The molecule has 0 spiro atoms. The van der Waals surface area contributed by atoms with Crippen molar-refractivity contribution in [1.82, 2.24) is 20.2 Å². The molecule has 1 atom stereocenters. The Balaban J connectivity index is 1.94. The van der Waals surface area contributed by atoms with Gasteiger partial charge < -0.3 is 9.88 Å². The molecule has 2 fully saturated rings. The van der Waals surface area contributed by atoms with Crippen LogP contribution in [0.5, 0.6) is 0 Å². The molecule has 0 radical (unpaired) electrons. The molecular weight excluding hydrogens is 196 g/mol. The highest BCUT2D eigenvalue weighted by molar-refractivity contribution is 6.04. The van der Waals surface area contributed by atoms with Crippen LogP contribution in [0.2, 0.25) is 0 Å². The Bertz CT molecular complexity index is 435. The largest absolute Gasteiger partial charge is 0.329 e. The number of urea groups is 1. The molecule has 6 heteroatoms. The van der Waals surface area contributed by atoms with Crippen LogP contribution < -0.4 is 10.6 Å². The lowest BCUT2D eigenvalue weighted by Gasteiger charge is -2.10. The van der Waals surface area contributed by atoms with E-state index in [1.165, 1.54) is 0 Å². The summed E-state index contributed by atoms with van der Waals surface area (Å²) in [4.78, 5) is 26.4. The van der Waals surface area contributed by atoms with E-state index in [0.717, 1.165) is 18.5 Å². The summed E-state index contributed by atoms with van der Waals surface area (Å²) < 4.78 is 1.97. The first kappa shape index (κ1) is 8.46. The minimum absolute atomic E-state index is 0.303. The van der Waals surface area contributed by atoms with Crippen molar-refractivity contribution in [2.45, 2.75) is 24.9 Å². The van der Waals surface area contributed by atoms with E-state index in [2.05, 4.69) is 15.6 Å². The zero-order valence-electron chi connectivity index (χ0n) is 7.93. The Labute approximate surface area is 85.7 Å². The summed E-state index contributed by atoms with van der Waals surface area (Å²) >= 11 is 0. The molecule has 1 unspecified atom stereocenters. The SMILES string of the molecule is O=C1NC(=O)C(c2cncn2C2CC2)N1. The maximum atomic E-state index is 11.4. The van der Waals surface area contributed by atoms with Gasteiger partial charge >= 0.3 is 6.03 Å². The van der Waals surface area contributed by atoms with Gasteiger partial charge in [0.15, 0.2) is 6.04 Å². The standard InChI is InChI=1S/C9H10N4O2/c14-8-7(11-9(15)12-8)6-3-10-4-13(6)5-1-2-5/h3-5,7H,1-2H2,(H2,11,12,14,15). The summed E-state index contributed by atoms with van der Waals surface area (Å²) in [7, 11) is 0. The average Bonchev–Trinajstić information content (AvgIpc) is 2.83. The predicted octanol–water partition coefficient (Wildman–Crippen LogP) is 0.0985. The number of rotatable bonds is 2. The van der Waals surface area contributed by atoms with Crippen LogP contribution in [0.1, 0.15) is 30.6 Å². The fourth-order valence-corrected chi connectivity index (χ4v) is 1.82. The lowest BCUT2D eigenvalue weighted by molar-refractivity contribution is -0.120. The number of hydrogen-bond acceptors (Lipinski definition) is 3. The average molecular weight is 206 g/mol. The summed E-state index contributed by atoms with van der Waals surface area (Å²) in [6.45, 7) is 0. The van der Waals surface area contributed by atoms with Gasteiger partial charge in [0.25, 0.3) is 5.91 Å². The van der Waals surface area contributed by atoms with Gasteiger partial charge in [-0.25, -0.2) is 9.78 Å². The van der Waals surface area contributed by atoms with Gasteiger partial charge in [0.05, 0.1) is 18.2 Å². The van der Waals surface area contributed by atoms with Crippen molar-refractivity contribution in [2.24, 2.45) is 0 Å². The van der Waals surface area contributed by atoms with E-state index in [0.29, 0.717) is 6.04 Å². The highest BCUT2D eigenvalue weighted by Gasteiger charge is 2.36. The van der Waals surface area contributed by atoms with Crippen molar-refractivity contribution in [3.63, 3.8) is 0 Å². The summed E-state index contributed by atoms with van der Waals surface area (Å²) in [5, 5.41) is 4.78. The van der Waals surface area contributed by atoms with Crippen LogP contribution in [0.4, 0.5) is 4.79 Å². The Morgan fingerprint density at radius 3 is 2.80 bits per heavy atom. The molecular formula is C9H10N4O2. The maximum absolute atomic E-state index is 11.4. The third kappa shape index (κ3) is 1.29. The molecule has 1 aromatic rings. The van der Waals surface area contributed by atoms with Crippen LogP contribution in [0.15, 0.2) is 12.5 Å². The van der Waals surface area contributed by atoms with Crippen LogP contribution in [-0.4, -0.2) is 21.5 Å². The molecule has 1 aliphatic heterocycles. The number of nitrogens with zero attached hydrogens (tertiary/aromatic N) is 2. The van der Waals surface area contributed by atoms with Gasteiger partial charge in [0.1, 0.15) is 0 Å². The number of nitrogens with one attached hydrogen (secondary N) is 2. The second-order valence-corrected chi connectivity index (χ2v) is 3.85. The predicted molar refractivity (Wildman–Crippen MR) is 49.9 cm³/mol. The van der Waals surface area contributed by atoms with E-state index >= 15 is 0 Å². The molecule has 3 amide bonds. The molecule has 1 saturated heterocycles. The van der Waals surface area contributed by atoms with E-state index < -0.39 is 12.1 Å².